The summed E-state index contributed by atoms with van der Waals surface area (Å²) >= 11 is 0. The maximum absolute atomic E-state index is 12.5. The number of piperidine rings is 2. The van der Waals surface area contributed by atoms with Crippen LogP contribution in [-0.2, 0) is 17.8 Å². The second-order valence-electron chi connectivity index (χ2n) is 9.03. The second kappa shape index (κ2) is 8.66. The average molecular weight is 397 g/mol. The number of aromatic nitrogens is 2. The van der Waals surface area contributed by atoms with Crippen molar-refractivity contribution >= 4 is 5.91 Å². The highest BCUT2D eigenvalue weighted by Gasteiger charge is 2.40. The third-order valence-corrected chi connectivity index (χ3v) is 6.52. The van der Waals surface area contributed by atoms with Crippen LogP contribution < -0.4 is 0 Å². The number of rotatable bonds is 6. The number of likely N-dealkylation sites (tertiary alicyclic amines) is 2. The summed E-state index contributed by atoms with van der Waals surface area (Å²) in [5, 5.41) is 4.13. The van der Waals surface area contributed by atoms with Gasteiger partial charge in [-0.25, -0.2) is 0 Å². The molecule has 29 heavy (non-hydrogen) atoms. The second-order valence-corrected chi connectivity index (χ2v) is 9.03. The molecule has 0 bridgehead atoms. The Morgan fingerprint density at radius 1 is 1.14 bits per heavy atom. The Hall–Kier alpha value is -2.21. The van der Waals surface area contributed by atoms with Crippen LogP contribution in [0.5, 0.6) is 0 Å². The van der Waals surface area contributed by atoms with E-state index in [0.29, 0.717) is 18.2 Å². The van der Waals surface area contributed by atoms with Crippen molar-refractivity contribution in [3.63, 3.8) is 0 Å². The van der Waals surface area contributed by atoms with Gasteiger partial charge in [0.25, 0.3) is 0 Å². The highest BCUT2D eigenvalue weighted by atomic mass is 16.5. The number of hydrogen-bond donors (Lipinski definition) is 0. The predicted molar refractivity (Wildman–Crippen MR) is 111 cm³/mol. The zero-order valence-corrected chi connectivity index (χ0v) is 17.6. The SMILES string of the molecule is CC(C)c1nc(CN2CCC3(CCC(=O)N(CCc4ccccc4)C3)CC2)no1. The molecule has 1 spiro atoms. The standard InChI is InChI=1S/C23H32N4O2/c1-18(2)22-24-20(25-29-22)16-26-14-11-23(12-15-26)10-8-21(28)27(17-23)13-9-19-6-4-3-5-7-19/h3-7,18H,8-17H2,1-2H3. The van der Waals surface area contributed by atoms with E-state index in [4.69, 9.17) is 4.52 Å². The van der Waals surface area contributed by atoms with Crippen molar-refractivity contribution in [2.45, 2.75) is 58.4 Å². The van der Waals surface area contributed by atoms with Crippen LogP contribution in [0.15, 0.2) is 34.9 Å². The van der Waals surface area contributed by atoms with Crippen LogP contribution in [0.2, 0.25) is 0 Å². The van der Waals surface area contributed by atoms with E-state index in [9.17, 15) is 4.79 Å². The molecule has 2 aromatic rings. The van der Waals surface area contributed by atoms with Gasteiger partial charge in [0.2, 0.25) is 11.8 Å². The van der Waals surface area contributed by atoms with Crippen molar-refractivity contribution < 1.29 is 9.32 Å². The van der Waals surface area contributed by atoms with E-state index in [1.807, 2.05) is 6.07 Å². The molecule has 1 aromatic heterocycles. The quantitative estimate of drug-likeness (QED) is 0.746. The van der Waals surface area contributed by atoms with Gasteiger partial charge in [0.1, 0.15) is 0 Å². The lowest BCUT2D eigenvalue weighted by Crippen LogP contribution is -2.51. The summed E-state index contributed by atoms with van der Waals surface area (Å²) in [6, 6.07) is 10.5. The van der Waals surface area contributed by atoms with E-state index in [1.165, 1.54) is 5.56 Å². The summed E-state index contributed by atoms with van der Waals surface area (Å²) in [4.78, 5) is 21.5. The molecule has 2 saturated heterocycles. The molecule has 2 fully saturated rings. The lowest BCUT2D eigenvalue weighted by Gasteiger charge is -2.47. The zero-order valence-electron chi connectivity index (χ0n) is 17.6. The maximum Gasteiger partial charge on any atom is 0.229 e. The smallest absolute Gasteiger partial charge is 0.229 e. The summed E-state index contributed by atoms with van der Waals surface area (Å²) in [7, 11) is 0. The molecule has 2 aliphatic heterocycles. The molecule has 156 valence electrons. The lowest BCUT2D eigenvalue weighted by molar-refractivity contribution is -0.139. The number of carbonyl (C=O) groups excluding carboxylic acids is 1. The summed E-state index contributed by atoms with van der Waals surface area (Å²) in [6.45, 7) is 8.69. The fourth-order valence-electron chi connectivity index (χ4n) is 4.57. The van der Waals surface area contributed by atoms with Gasteiger partial charge in [0.05, 0.1) is 6.54 Å². The molecule has 6 heteroatoms. The predicted octanol–water partition coefficient (Wildman–Crippen LogP) is 3.64. The molecule has 0 unspecified atom stereocenters. The lowest BCUT2D eigenvalue weighted by atomic mass is 9.72. The van der Waals surface area contributed by atoms with Crippen molar-refractivity contribution in [2.24, 2.45) is 5.41 Å². The molecule has 1 aromatic carbocycles. The van der Waals surface area contributed by atoms with Gasteiger partial charge in [0.15, 0.2) is 5.82 Å². The first kappa shape index (κ1) is 20.1. The van der Waals surface area contributed by atoms with Crippen LogP contribution >= 0.6 is 0 Å². The third-order valence-electron chi connectivity index (χ3n) is 6.52. The first-order valence-corrected chi connectivity index (χ1v) is 10.9. The van der Waals surface area contributed by atoms with Crippen molar-refractivity contribution in [2.75, 3.05) is 26.2 Å². The Morgan fingerprint density at radius 2 is 1.90 bits per heavy atom. The van der Waals surface area contributed by atoms with E-state index in [0.717, 1.165) is 64.2 Å². The summed E-state index contributed by atoms with van der Waals surface area (Å²) in [5.41, 5.74) is 1.58. The molecule has 2 aliphatic rings. The van der Waals surface area contributed by atoms with E-state index in [1.54, 1.807) is 0 Å². The van der Waals surface area contributed by atoms with Gasteiger partial charge < -0.3 is 9.42 Å². The molecule has 0 atom stereocenters. The first-order valence-electron chi connectivity index (χ1n) is 10.9. The van der Waals surface area contributed by atoms with Crippen LogP contribution in [0.1, 0.15) is 62.7 Å². The summed E-state index contributed by atoms with van der Waals surface area (Å²) in [5.74, 6) is 2.09. The molecule has 6 nitrogen and oxygen atoms in total. The van der Waals surface area contributed by atoms with Crippen LogP contribution in [0, 0.1) is 5.41 Å². The largest absolute Gasteiger partial charge is 0.342 e. The number of hydrogen-bond acceptors (Lipinski definition) is 5. The Morgan fingerprint density at radius 3 is 2.59 bits per heavy atom. The number of benzene rings is 1. The van der Waals surface area contributed by atoms with Crippen molar-refractivity contribution in [1.29, 1.82) is 0 Å². The molecule has 0 radical (unpaired) electrons. The monoisotopic (exact) mass is 396 g/mol. The van der Waals surface area contributed by atoms with Crippen LogP contribution in [-0.4, -0.2) is 52.0 Å². The van der Waals surface area contributed by atoms with E-state index < -0.39 is 0 Å². The summed E-state index contributed by atoms with van der Waals surface area (Å²) in [6.07, 6.45) is 4.93. The minimum atomic E-state index is 0.266. The Bertz CT molecular complexity index is 809. The Labute approximate surface area is 173 Å². The molecular formula is C23H32N4O2. The molecule has 4 rings (SSSR count). The highest BCUT2D eigenvalue weighted by Crippen LogP contribution is 2.40. The van der Waals surface area contributed by atoms with Gasteiger partial charge in [-0.05, 0) is 49.8 Å². The van der Waals surface area contributed by atoms with Gasteiger partial charge in [-0.3, -0.25) is 9.69 Å². The Balaban J connectivity index is 1.30. The average Bonchev–Trinajstić information content (AvgIpc) is 3.20. The molecule has 0 aliphatic carbocycles. The van der Waals surface area contributed by atoms with E-state index in [2.05, 4.69) is 58.1 Å². The number of amides is 1. The summed E-state index contributed by atoms with van der Waals surface area (Å²) < 4.78 is 5.33. The number of nitrogens with zero attached hydrogens (tertiary/aromatic N) is 4. The van der Waals surface area contributed by atoms with Crippen molar-refractivity contribution in [3.05, 3.63) is 47.6 Å². The van der Waals surface area contributed by atoms with Gasteiger partial charge in [-0.2, -0.15) is 4.98 Å². The molecule has 1 amide bonds. The van der Waals surface area contributed by atoms with Crippen LogP contribution in [0.3, 0.4) is 0 Å². The normalized spacial score (nSPS) is 20.0. The molecule has 0 N–H and O–H groups in total. The fraction of sp³-hybridized carbons (Fsp3) is 0.609. The van der Waals surface area contributed by atoms with Gasteiger partial charge in [-0.15, -0.1) is 0 Å². The van der Waals surface area contributed by atoms with E-state index in [-0.39, 0.29) is 11.3 Å². The minimum Gasteiger partial charge on any atom is -0.342 e. The highest BCUT2D eigenvalue weighted by molar-refractivity contribution is 5.77. The van der Waals surface area contributed by atoms with Crippen molar-refractivity contribution in [1.82, 2.24) is 19.9 Å². The van der Waals surface area contributed by atoms with Gasteiger partial charge in [0, 0.05) is 25.4 Å². The fourth-order valence-corrected chi connectivity index (χ4v) is 4.57. The molecule has 0 saturated carbocycles. The van der Waals surface area contributed by atoms with E-state index >= 15 is 0 Å². The van der Waals surface area contributed by atoms with Crippen LogP contribution in [0.4, 0.5) is 0 Å². The molecular weight excluding hydrogens is 364 g/mol. The third kappa shape index (κ3) is 4.86. The van der Waals surface area contributed by atoms with Crippen LogP contribution in [0.25, 0.3) is 0 Å². The van der Waals surface area contributed by atoms with Gasteiger partial charge in [-0.1, -0.05) is 49.3 Å². The number of carbonyl (C=O) groups is 1. The maximum atomic E-state index is 12.5. The topological polar surface area (TPSA) is 62.5 Å². The first-order chi connectivity index (χ1) is 14.0. The zero-order chi connectivity index (χ0) is 20.3. The minimum absolute atomic E-state index is 0.266. The van der Waals surface area contributed by atoms with Gasteiger partial charge >= 0.3 is 0 Å². The molecule has 3 heterocycles. The van der Waals surface area contributed by atoms with Crippen molar-refractivity contribution in [3.8, 4) is 0 Å². The Kier molecular flexibility index (Phi) is 5.99.